The Hall–Kier alpha value is -2.04. The van der Waals surface area contributed by atoms with Gasteiger partial charge in [0.2, 0.25) is 0 Å². The molecule has 0 amide bonds. The van der Waals surface area contributed by atoms with E-state index in [1.165, 1.54) is 6.33 Å². The standard InChI is InChI=1S/C13H18N4O/c1-9(2)17-13(15-8-16-17)7-18-12-5-4-10(3)6-11(12)14/h4-6,8-9H,7,14H2,1-3H3. The predicted octanol–water partition coefficient (Wildman–Crippen LogP) is 2.33. The smallest absolute Gasteiger partial charge is 0.165 e. The zero-order valence-corrected chi connectivity index (χ0v) is 10.9. The van der Waals surface area contributed by atoms with Crippen molar-refractivity contribution in [3.8, 4) is 5.75 Å². The zero-order chi connectivity index (χ0) is 13.1. The van der Waals surface area contributed by atoms with Crippen molar-refractivity contribution in [2.75, 3.05) is 5.73 Å². The number of benzene rings is 1. The van der Waals surface area contributed by atoms with E-state index in [4.69, 9.17) is 10.5 Å². The highest BCUT2D eigenvalue weighted by Crippen LogP contribution is 2.23. The highest BCUT2D eigenvalue weighted by Gasteiger charge is 2.09. The van der Waals surface area contributed by atoms with Crippen LogP contribution in [0.5, 0.6) is 5.75 Å². The van der Waals surface area contributed by atoms with Gasteiger partial charge in [0.15, 0.2) is 5.82 Å². The lowest BCUT2D eigenvalue weighted by molar-refractivity contribution is 0.284. The molecule has 0 aliphatic carbocycles. The van der Waals surface area contributed by atoms with Gasteiger partial charge < -0.3 is 10.5 Å². The van der Waals surface area contributed by atoms with Crippen molar-refractivity contribution in [3.05, 3.63) is 35.9 Å². The molecule has 0 spiro atoms. The molecular formula is C13H18N4O. The molecule has 0 atom stereocenters. The summed E-state index contributed by atoms with van der Waals surface area (Å²) in [7, 11) is 0. The summed E-state index contributed by atoms with van der Waals surface area (Å²) in [6.07, 6.45) is 1.54. The van der Waals surface area contributed by atoms with Crippen molar-refractivity contribution in [1.29, 1.82) is 0 Å². The fourth-order valence-electron chi connectivity index (χ4n) is 1.75. The maximum absolute atomic E-state index is 5.89. The van der Waals surface area contributed by atoms with Crippen molar-refractivity contribution in [2.24, 2.45) is 0 Å². The SMILES string of the molecule is Cc1ccc(OCc2ncnn2C(C)C)c(N)c1. The number of hydrogen-bond donors (Lipinski definition) is 1. The van der Waals surface area contributed by atoms with Crippen LogP contribution in [0.3, 0.4) is 0 Å². The Labute approximate surface area is 107 Å². The Balaban J connectivity index is 2.09. The maximum Gasteiger partial charge on any atom is 0.165 e. The van der Waals surface area contributed by atoms with E-state index >= 15 is 0 Å². The Kier molecular flexibility index (Phi) is 3.50. The molecule has 1 aromatic heterocycles. The molecule has 0 bridgehead atoms. The Morgan fingerprint density at radius 3 is 2.83 bits per heavy atom. The van der Waals surface area contributed by atoms with Gasteiger partial charge in [-0.15, -0.1) is 0 Å². The first-order valence-corrected chi connectivity index (χ1v) is 5.95. The number of anilines is 1. The molecule has 0 unspecified atom stereocenters. The van der Waals surface area contributed by atoms with Crippen molar-refractivity contribution in [2.45, 2.75) is 33.4 Å². The first kappa shape index (κ1) is 12.4. The number of aryl methyl sites for hydroxylation is 1. The number of nitrogens with zero attached hydrogens (tertiary/aromatic N) is 3. The van der Waals surface area contributed by atoms with Crippen molar-refractivity contribution in [3.63, 3.8) is 0 Å². The Bertz CT molecular complexity index is 534. The third-order valence-corrected chi connectivity index (χ3v) is 2.66. The number of nitrogens with two attached hydrogens (primary N) is 1. The molecule has 5 heteroatoms. The van der Waals surface area contributed by atoms with Crippen molar-refractivity contribution in [1.82, 2.24) is 14.8 Å². The van der Waals surface area contributed by atoms with Gasteiger partial charge in [0, 0.05) is 6.04 Å². The van der Waals surface area contributed by atoms with Crippen LogP contribution >= 0.6 is 0 Å². The van der Waals surface area contributed by atoms with E-state index in [9.17, 15) is 0 Å². The molecule has 0 aliphatic rings. The summed E-state index contributed by atoms with van der Waals surface area (Å²) >= 11 is 0. The average molecular weight is 246 g/mol. The summed E-state index contributed by atoms with van der Waals surface area (Å²) in [6.45, 7) is 6.47. The van der Waals surface area contributed by atoms with Gasteiger partial charge in [-0.3, -0.25) is 0 Å². The molecule has 96 valence electrons. The van der Waals surface area contributed by atoms with Crippen LogP contribution in [0.4, 0.5) is 5.69 Å². The van der Waals surface area contributed by atoms with Crippen LogP contribution in [0.15, 0.2) is 24.5 Å². The molecule has 1 aromatic carbocycles. The van der Waals surface area contributed by atoms with Crippen molar-refractivity contribution >= 4 is 5.69 Å². The molecule has 0 fully saturated rings. The van der Waals surface area contributed by atoms with Gasteiger partial charge >= 0.3 is 0 Å². The largest absolute Gasteiger partial charge is 0.483 e. The summed E-state index contributed by atoms with van der Waals surface area (Å²) in [5.74, 6) is 1.48. The molecule has 2 N–H and O–H groups in total. The van der Waals surface area contributed by atoms with Gasteiger partial charge in [-0.1, -0.05) is 6.07 Å². The lowest BCUT2D eigenvalue weighted by Crippen LogP contribution is -2.11. The first-order chi connectivity index (χ1) is 8.58. The molecule has 0 radical (unpaired) electrons. The second-order valence-electron chi connectivity index (χ2n) is 4.54. The van der Waals surface area contributed by atoms with Gasteiger partial charge in [-0.25, -0.2) is 9.67 Å². The molecule has 0 saturated heterocycles. The van der Waals surface area contributed by atoms with Crippen LogP contribution in [-0.4, -0.2) is 14.8 Å². The molecule has 2 aromatic rings. The fourth-order valence-corrected chi connectivity index (χ4v) is 1.75. The van der Waals surface area contributed by atoms with Crippen LogP contribution in [0, 0.1) is 6.92 Å². The third kappa shape index (κ3) is 2.61. The average Bonchev–Trinajstić information content (AvgIpc) is 2.76. The topological polar surface area (TPSA) is 66.0 Å². The van der Waals surface area contributed by atoms with Gasteiger partial charge in [0.05, 0.1) is 5.69 Å². The molecular weight excluding hydrogens is 228 g/mol. The molecule has 2 rings (SSSR count). The second kappa shape index (κ2) is 5.08. The first-order valence-electron chi connectivity index (χ1n) is 5.95. The highest BCUT2D eigenvalue weighted by atomic mass is 16.5. The maximum atomic E-state index is 5.89. The third-order valence-electron chi connectivity index (χ3n) is 2.66. The molecule has 18 heavy (non-hydrogen) atoms. The van der Waals surface area contributed by atoms with Gasteiger partial charge in [0.25, 0.3) is 0 Å². The van der Waals surface area contributed by atoms with E-state index in [1.807, 2.05) is 29.8 Å². The number of rotatable bonds is 4. The summed E-state index contributed by atoms with van der Waals surface area (Å²) in [5.41, 5.74) is 7.65. The van der Waals surface area contributed by atoms with E-state index in [0.717, 1.165) is 11.4 Å². The van der Waals surface area contributed by atoms with E-state index in [1.54, 1.807) is 0 Å². The molecule has 0 saturated carbocycles. The van der Waals surface area contributed by atoms with Crippen LogP contribution in [0.2, 0.25) is 0 Å². The van der Waals surface area contributed by atoms with E-state index in [2.05, 4.69) is 23.9 Å². The van der Waals surface area contributed by atoms with Crippen LogP contribution in [0.1, 0.15) is 31.3 Å². The zero-order valence-electron chi connectivity index (χ0n) is 10.9. The van der Waals surface area contributed by atoms with E-state index in [-0.39, 0.29) is 6.04 Å². The van der Waals surface area contributed by atoms with Crippen LogP contribution < -0.4 is 10.5 Å². The second-order valence-corrected chi connectivity index (χ2v) is 4.54. The van der Waals surface area contributed by atoms with Crippen molar-refractivity contribution < 1.29 is 4.74 Å². The summed E-state index contributed by atoms with van der Waals surface area (Å²) in [5, 5.41) is 4.16. The summed E-state index contributed by atoms with van der Waals surface area (Å²) in [4.78, 5) is 4.19. The van der Waals surface area contributed by atoms with Crippen LogP contribution in [-0.2, 0) is 6.61 Å². The van der Waals surface area contributed by atoms with E-state index in [0.29, 0.717) is 18.0 Å². The quantitative estimate of drug-likeness (QED) is 0.841. The monoisotopic (exact) mass is 246 g/mol. The Morgan fingerprint density at radius 2 is 2.17 bits per heavy atom. The molecule has 0 aliphatic heterocycles. The minimum Gasteiger partial charge on any atom is -0.483 e. The lowest BCUT2D eigenvalue weighted by atomic mass is 10.2. The normalized spacial score (nSPS) is 10.9. The lowest BCUT2D eigenvalue weighted by Gasteiger charge is -2.12. The number of hydrogen-bond acceptors (Lipinski definition) is 4. The van der Waals surface area contributed by atoms with Gasteiger partial charge in [-0.2, -0.15) is 5.10 Å². The minimum absolute atomic E-state index is 0.265. The van der Waals surface area contributed by atoms with Gasteiger partial charge in [-0.05, 0) is 38.5 Å². The fraction of sp³-hybridized carbons (Fsp3) is 0.385. The predicted molar refractivity (Wildman–Crippen MR) is 70.3 cm³/mol. The molecule has 5 nitrogen and oxygen atoms in total. The summed E-state index contributed by atoms with van der Waals surface area (Å²) < 4.78 is 7.52. The number of ether oxygens (including phenoxy) is 1. The van der Waals surface area contributed by atoms with E-state index < -0.39 is 0 Å². The number of nitrogen functional groups attached to an aromatic ring is 1. The van der Waals surface area contributed by atoms with Gasteiger partial charge in [0.1, 0.15) is 18.7 Å². The minimum atomic E-state index is 0.265. The van der Waals surface area contributed by atoms with Crippen LogP contribution in [0.25, 0.3) is 0 Å². The Morgan fingerprint density at radius 1 is 1.39 bits per heavy atom. The number of aromatic nitrogens is 3. The highest BCUT2D eigenvalue weighted by molar-refractivity contribution is 5.53. The molecule has 1 heterocycles. The summed E-state index contributed by atoms with van der Waals surface area (Å²) in [6, 6.07) is 6.00.